The van der Waals surface area contributed by atoms with Crippen LogP contribution in [0.2, 0.25) is 0 Å². The Balaban J connectivity index is 2.46. The van der Waals surface area contributed by atoms with Gasteiger partial charge in [-0.3, -0.25) is 0 Å². The number of benzene rings is 4. The SMILES string of the molecule is [Si]c1ccc2c3ccccc3c3ccccc3c2c1[Si]. The van der Waals surface area contributed by atoms with Crippen LogP contribution in [0.15, 0.2) is 60.7 Å². The molecule has 0 aromatic heterocycles. The summed E-state index contributed by atoms with van der Waals surface area (Å²) in [6.45, 7) is 0. The molecule has 0 saturated heterocycles. The van der Waals surface area contributed by atoms with Crippen molar-refractivity contribution < 1.29 is 0 Å². The Labute approximate surface area is 124 Å². The molecule has 4 aromatic rings. The second-order valence-corrected chi connectivity index (χ2v) is 6.04. The van der Waals surface area contributed by atoms with E-state index in [0.717, 1.165) is 10.4 Å². The quantitative estimate of drug-likeness (QED) is 0.344. The first-order chi connectivity index (χ1) is 9.77. The van der Waals surface area contributed by atoms with Gasteiger partial charge in [-0.05, 0) is 32.3 Å². The smallest absolute Gasteiger partial charge is 0.0682 e. The van der Waals surface area contributed by atoms with Crippen molar-refractivity contribution in [3.05, 3.63) is 60.7 Å². The summed E-state index contributed by atoms with van der Waals surface area (Å²) < 4.78 is 0. The van der Waals surface area contributed by atoms with Crippen molar-refractivity contribution in [2.75, 3.05) is 0 Å². The number of fused-ring (bicyclic) bond motifs is 6. The van der Waals surface area contributed by atoms with Gasteiger partial charge in [0.2, 0.25) is 0 Å². The second-order valence-electron chi connectivity index (χ2n) is 5.00. The van der Waals surface area contributed by atoms with Crippen LogP contribution in [0.1, 0.15) is 0 Å². The molecule has 0 unspecified atom stereocenters. The topological polar surface area (TPSA) is 0 Å². The zero-order valence-electron chi connectivity index (χ0n) is 10.8. The van der Waals surface area contributed by atoms with Crippen molar-refractivity contribution in [1.82, 2.24) is 0 Å². The first kappa shape index (κ1) is 11.9. The highest BCUT2D eigenvalue weighted by Gasteiger charge is 2.10. The van der Waals surface area contributed by atoms with Gasteiger partial charge in [-0.15, -0.1) is 0 Å². The molecule has 0 aliphatic carbocycles. The minimum absolute atomic E-state index is 1.08. The van der Waals surface area contributed by atoms with E-state index < -0.39 is 0 Å². The lowest BCUT2D eigenvalue weighted by atomic mass is 9.94. The summed E-state index contributed by atoms with van der Waals surface area (Å²) in [6, 6.07) is 21.5. The third-order valence-corrected chi connectivity index (χ3v) is 5.10. The van der Waals surface area contributed by atoms with Crippen LogP contribution in [-0.2, 0) is 0 Å². The molecule has 0 bridgehead atoms. The van der Waals surface area contributed by atoms with Crippen molar-refractivity contribution in [2.45, 2.75) is 0 Å². The van der Waals surface area contributed by atoms with Crippen LogP contribution in [0.4, 0.5) is 0 Å². The minimum atomic E-state index is 1.08. The number of rotatable bonds is 0. The maximum Gasteiger partial charge on any atom is 0.0718 e. The minimum Gasteiger partial charge on any atom is -0.0682 e. The van der Waals surface area contributed by atoms with Crippen LogP contribution in [0.5, 0.6) is 0 Å². The molecule has 4 rings (SSSR count). The molecule has 0 saturated carbocycles. The zero-order valence-corrected chi connectivity index (χ0v) is 12.8. The van der Waals surface area contributed by atoms with E-state index in [-0.39, 0.29) is 0 Å². The van der Waals surface area contributed by atoms with Crippen LogP contribution in [-0.4, -0.2) is 20.5 Å². The molecule has 0 fully saturated rings. The summed E-state index contributed by atoms with van der Waals surface area (Å²) in [5.74, 6) is 0. The van der Waals surface area contributed by atoms with E-state index >= 15 is 0 Å². The van der Waals surface area contributed by atoms with E-state index in [0.29, 0.717) is 0 Å². The predicted molar refractivity (Wildman–Crippen MR) is 89.7 cm³/mol. The summed E-state index contributed by atoms with van der Waals surface area (Å²) in [6.07, 6.45) is 0. The molecule has 0 spiro atoms. The molecule has 0 aliphatic heterocycles. The van der Waals surface area contributed by atoms with Gasteiger partial charge in [0.05, 0.1) is 20.5 Å². The lowest BCUT2D eigenvalue weighted by Crippen LogP contribution is -2.26. The predicted octanol–water partition coefficient (Wildman–Crippen LogP) is 2.73. The van der Waals surface area contributed by atoms with Gasteiger partial charge in [-0.1, -0.05) is 71.0 Å². The first-order valence-electron chi connectivity index (χ1n) is 6.57. The molecule has 0 heterocycles. The summed E-state index contributed by atoms with van der Waals surface area (Å²) in [4.78, 5) is 0. The summed E-state index contributed by atoms with van der Waals surface area (Å²) >= 11 is 0. The van der Waals surface area contributed by atoms with Gasteiger partial charge in [-0.2, -0.15) is 0 Å². The Morgan fingerprint density at radius 2 is 0.950 bits per heavy atom. The van der Waals surface area contributed by atoms with E-state index in [1.807, 2.05) is 0 Å². The monoisotopic (exact) mass is 282 g/mol. The maximum absolute atomic E-state index is 3.80. The molecule has 4 aromatic carbocycles. The van der Waals surface area contributed by atoms with Crippen LogP contribution in [0.3, 0.4) is 0 Å². The zero-order chi connectivity index (χ0) is 13.7. The fraction of sp³-hybridized carbons (Fsp3) is 0. The van der Waals surface area contributed by atoms with E-state index in [1.54, 1.807) is 0 Å². The Hall–Kier alpha value is -1.91. The highest BCUT2D eigenvalue weighted by Crippen LogP contribution is 2.33. The van der Waals surface area contributed by atoms with Crippen LogP contribution < -0.4 is 10.4 Å². The average molecular weight is 282 g/mol. The van der Waals surface area contributed by atoms with E-state index in [9.17, 15) is 0 Å². The molecule has 0 aliphatic rings. The normalized spacial score (nSPS) is 11.5. The second kappa shape index (κ2) is 4.30. The van der Waals surface area contributed by atoms with Crippen molar-refractivity contribution in [3.63, 3.8) is 0 Å². The fourth-order valence-electron chi connectivity index (χ4n) is 3.00. The van der Waals surface area contributed by atoms with Crippen molar-refractivity contribution in [3.8, 4) is 0 Å². The molecule has 0 nitrogen and oxygen atoms in total. The lowest BCUT2D eigenvalue weighted by molar-refractivity contribution is 1.79. The first-order valence-corrected chi connectivity index (χ1v) is 7.57. The fourth-order valence-corrected chi connectivity index (χ4v) is 3.56. The molecule has 90 valence electrons. The third-order valence-electron chi connectivity index (χ3n) is 3.91. The molecule has 6 radical (unpaired) electrons. The van der Waals surface area contributed by atoms with Gasteiger partial charge in [0.15, 0.2) is 0 Å². The average Bonchev–Trinajstić information content (AvgIpc) is 2.50. The van der Waals surface area contributed by atoms with E-state index in [4.69, 9.17) is 0 Å². The van der Waals surface area contributed by atoms with Crippen molar-refractivity contribution in [1.29, 1.82) is 0 Å². The highest BCUT2D eigenvalue weighted by atomic mass is 28.2. The Bertz CT molecular complexity index is 936. The van der Waals surface area contributed by atoms with Crippen molar-refractivity contribution in [2.24, 2.45) is 0 Å². The van der Waals surface area contributed by atoms with Gasteiger partial charge < -0.3 is 0 Å². The molecule has 2 heteroatoms. The molecule has 0 amide bonds. The van der Waals surface area contributed by atoms with Gasteiger partial charge in [0.25, 0.3) is 0 Å². The molecular weight excluding hydrogens is 272 g/mol. The molecule has 0 N–H and O–H groups in total. The van der Waals surface area contributed by atoms with Crippen LogP contribution in [0.25, 0.3) is 32.3 Å². The Morgan fingerprint density at radius 3 is 1.55 bits per heavy atom. The highest BCUT2D eigenvalue weighted by molar-refractivity contribution is 6.55. The number of hydrogen-bond acceptors (Lipinski definition) is 0. The standard InChI is InChI=1S/C18H10Si2/c19-16-10-9-15-13-7-2-1-5-11(13)12-6-3-4-8-14(12)17(15)18(16)20/h1-10H. The molecule has 20 heavy (non-hydrogen) atoms. The van der Waals surface area contributed by atoms with Gasteiger partial charge in [0.1, 0.15) is 0 Å². The lowest BCUT2D eigenvalue weighted by Gasteiger charge is -2.13. The Kier molecular flexibility index (Phi) is 2.55. The Morgan fingerprint density at radius 1 is 0.500 bits per heavy atom. The summed E-state index contributed by atoms with van der Waals surface area (Å²) in [5.41, 5.74) is 0. The summed E-state index contributed by atoms with van der Waals surface area (Å²) in [5, 5.41) is 9.93. The van der Waals surface area contributed by atoms with Crippen LogP contribution >= 0.6 is 0 Å². The number of hydrogen-bond donors (Lipinski definition) is 0. The van der Waals surface area contributed by atoms with E-state index in [2.05, 4.69) is 81.1 Å². The van der Waals surface area contributed by atoms with Crippen LogP contribution in [0, 0.1) is 0 Å². The molecular formula is C18H10Si2. The van der Waals surface area contributed by atoms with Gasteiger partial charge >= 0.3 is 0 Å². The molecule has 0 atom stereocenters. The maximum atomic E-state index is 3.80. The van der Waals surface area contributed by atoms with Gasteiger partial charge in [0, 0.05) is 0 Å². The third kappa shape index (κ3) is 1.52. The largest absolute Gasteiger partial charge is 0.0718 e. The van der Waals surface area contributed by atoms with E-state index in [1.165, 1.54) is 32.3 Å². The van der Waals surface area contributed by atoms with Gasteiger partial charge in [-0.25, -0.2) is 0 Å². The van der Waals surface area contributed by atoms with Crippen molar-refractivity contribution >= 4 is 63.2 Å². The summed E-state index contributed by atoms with van der Waals surface area (Å²) in [7, 11) is 7.47.